The molecule has 0 aliphatic heterocycles. The van der Waals surface area contributed by atoms with Crippen LogP contribution in [0.1, 0.15) is 19.4 Å². The van der Waals surface area contributed by atoms with Gasteiger partial charge in [0.15, 0.2) is 0 Å². The van der Waals surface area contributed by atoms with Gasteiger partial charge in [-0.25, -0.2) is 9.59 Å². The number of rotatable bonds is 6. The Morgan fingerprint density at radius 1 is 1.47 bits per heavy atom. The number of aliphatic carboxylic acids is 1. The molecule has 3 N–H and O–H groups in total. The molecule has 1 aromatic heterocycles. The number of carboxylic acids is 1. The summed E-state index contributed by atoms with van der Waals surface area (Å²) in [6, 6.07) is -1.34. The molecule has 19 heavy (non-hydrogen) atoms. The quantitative estimate of drug-likeness (QED) is 0.694. The third-order valence-corrected chi connectivity index (χ3v) is 2.68. The summed E-state index contributed by atoms with van der Waals surface area (Å²) in [5.74, 6) is -1.20. The minimum Gasteiger partial charge on any atom is -0.480 e. The van der Waals surface area contributed by atoms with Crippen LogP contribution < -0.4 is 10.6 Å². The average molecular weight is 268 g/mol. The maximum atomic E-state index is 11.6. The zero-order valence-corrected chi connectivity index (χ0v) is 11.4. The second-order valence-corrected chi connectivity index (χ2v) is 4.73. The van der Waals surface area contributed by atoms with Gasteiger partial charge in [0.05, 0.1) is 6.20 Å². The molecule has 1 rings (SSSR count). The van der Waals surface area contributed by atoms with Gasteiger partial charge in [-0.2, -0.15) is 5.10 Å². The first-order chi connectivity index (χ1) is 8.90. The molecule has 0 aliphatic carbocycles. The molecule has 106 valence electrons. The van der Waals surface area contributed by atoms with Gasteiger partial charge in [-0.05, 0) is 17.9 Å². The van der Waals surface area contributed by atoms with Gasteiger partial charge in [-0.15, -0.1) is 0 Å². The molecule has 7 nitrogen and oxygen atoms in total. The number of hydrogen-bond donors (Lipinski definition) is 3. The number of hydrogen-bond acceptors (Lipinski definition) is 3. The van der Waals surface area contributed by atoms with E-state index in [-0.39, 0.29) is 5.92 Å². The highest BCUT2D eigenvalue weighted by molar-refractivity contribution is 5.82. The molecular formula is C12H20N4O3. The van der Waals surface area contributed by atoms with Crippen LogP contribution in [0.2, 0.25) is 0 Å². The van der Waals surface area contributed by atoms with Crippen molar-refractivity contribution in [3.63, 3.8) is 0 Å². The number of nitrogens with zero attached hydrogens (tertiary/aromatic N) is 2. The van der Waals surface area contributed by atoms with Crippen LogP contribution >= 0.6 is 0 Å². The lowest BCUT2D eigenvalue weighted by Gasteiger charge is -2.18. The van der Waals surface area contributed by atoms with Crippen molar-refractivity contribution in [1.29, 1.82) is 0 Å². The standard InChI is InChI=1S/C12H20N4O3/c1-8(2)10(11(17)18)15-12(19)13-5-4-9-6-14-16(3)7-9/h6-8,10H,4-5H2,1-3H3,(H,17,18)(H2,13,15,19). The van der Waals surface area contributed by atoms with Crippen molar-refractivity contribution in [3.05, 3.63) is 18.0 Å². The van der Waals surface area contributed by atoms with Crippen LogP contribution in [0.25, 0.3) is 0 Å². The summed E-state index contributed by atoms with van der Waals surface area (Å²) in [7, 11) is 1.82. The Kier molecular flexibility index (Phi) is 5.35. The van der Waals surface area contributed by atoms with Crippen molar-refractivity contribution in [2.45, 2.75) is 26.3 Å². The first-order valence-corrected chi connectivity index (χ1v) is 6.15. The highest BCUT2D eigenvalue weighted by Gasteiger charge is 2.22. The van der Waals surface area contributed by atoms with Gasteiger partial charge < -0.3 is 15.7 Å². The first kappa shape index (κ1) is 15.0. The molecular weight excluding hydrogens is 248 g/mol. The molecule has 0 saturated heterocycles. The molecule has 0 aliphatic rings. The van der Waals surface area contributed by atoms with Gasteiger partial charge in [0, 0.05) is 19.8 Å². The molecule has 0 aromatic carbocycles. The fourth-order valence-corrected chi connectivity index (χ4v) is 1.63. The van der Waals surface area contributed by atoms with E-state index in [1.54, 1.807) is 24.7 Å². The van der Waals surface area contributed by atoms with Crippen LogP contribution in [0.15, 0.2) is 12.4 Å². The maximum absolute atomic E-state index is 11.6. The molecule has 1 atom stereocenters. The zero-order valence-electron chi connectivity index (χ0n) is 11.4. The van der Waals surface area contributed by atoms with Crippen LogP contribution in [0, 0.1) is 5.92 Å². The van der Waals surface area contributed by atoms with E-state index >= 15 is 0 Å². The maximum Gasteiger partial charge on any atom is 0.326 e. The third-order valence-electron chi connectivity index (χ3n) is 2.68. The predicted molar refractivity (Wildman–Crippen MR) is 69.7 cm³/mol. The Balaban J connectivity index is 2.33. The molecule has 0 saturated carbocycles. The smallest absolute Gasteiger partial charge is 0.326 e. The minimum atomic E-state index is -1.03. The van der Waals surface area contributed by atoms with Crippen molar-refractivity contribution in [3.8, 4) is 0 Å². The van der Waals surface area contributed by atoms with E-state index in [2.05, 4.69) is 15.7 Å². The van der Waals surface area contributed by atoms with E-state index in [1.165, 1.54) is 0 Å². The first-order valence-electron chi connectivity index (χ1n) is 6.15. The Labute approximate surface area is 112 Å². The van der Waals surface area contributed by atoms with Gasteiger partial charge in [-0.3, -0.25) is 4.68 Å². The van der Waals surface area contributed by atoms with Crippen molar-refractivity contribution < 1.29 is 14.7 Å². The highest BCUT2D eigenvalue weighted by Crippen LogP contribution is 2.01. The second-order valence-electron chi connectivity index (χ2n) is 4.73. The lowest BCUT2D eigenvalue weighted by atomic mass is 10.1. The lowest BCUT2D eigenvalue weighted by Crippen LogP contribution is -2.48. The van der Waals surface area contributed by atoms with Gasteiger partial charge in [-0.1, -0.05) is 13.8 Å². The molecule has 0 spiro atoms. The number of urea groups is 1. The lowest BCUT2D eigenvalue weighted by molar-refractivity contribution is -0.140. The van der Waals surface area contributed by atoms with Crippen molar-refractivity contribution in [2.24, 2.45) is 13.0 Å². The molecule has 0 fully saturated rings. The van der Waals surface area contributed by atoms with E-state index < -0.39 is 18.0 Å². The third kappa shape index (κ3) is 4.99. The molecule has 0 radical (unpaired) electrons. The highest BCUT2D eigenvalue weighted by atomic mass is 16.4. The molecule has 1 unspecified atom stereocenters. The number of aryl methyl sites for hydroxylation is 1. The predicted octanol–water partition coefficient (Wildman–Crippen LogP) is 0.371. The summed E-state index contributed by atoms with van der Waals surface area (Å²) < 4.78 is 1.69. The Morgan fingerprint density at radius 3 is 2.63 bits per heavy atom. The SMILES string of the molecule is CC(C)C(NC(=O)NCCc1cnn(C)c1)C(=O)O. The van der Waals surface area contributed by atoms with E-state index in [4.69, 9.17) is 5.11 Å². The number of carboxylic acid groups (broad SMARTS) is 1. The summed E-state index contributed by atoms with van der Waals surface area (Å²) in [4.78, 5) is 22.5. The number of amides is 2. The number of aromatic nitrogens is 2. The fraction of sp³-hybridized carbons (Fsp3) is 0.583. The van der Waals surface area contributed by atoms with Crippen molar-refractivity contribution >= 4 is 12.0 Å². The second kappa shape index (κ2) is 6.77. The van der Waals surface area contributed by atoms with E-state index in [9.17, 15) is 9.59 Å². The summed E-state index contributed by atoms with van der Waals surface area (Å²) in [5, 5.41) is 18.0. The zero-order chi connectivity index (χ0) is 14.4. The van der Waals surface area contributed by atoms with Crippen LogP contribution in [0.5, 0.6) is 0 Å². The molecule has 1 heterocycles. The van der Waals surface area contributed by atoms with E-state index in [0.29, 0.717) is 13.0 Å². The summed E-state index contributed by atoms with van der Waals surface area (Å²) in [6.07, 6.45) is 4.25. The van der Waals surface area contributed by atoms with Gasteiger partial charge in [0.2, 0.25) is 0 Å². The van der Waals surface area contributed by atoms with Crippen LogP contribution in [-0.2, 0) is 18.3 Å². The van der Waals surface area contributed by atoms with Crippen LogP contribution in [0.3, 0.4) is 0 Å². The van der Waals surface area contributed by atoms with Crippen LogP contribution in [0.4, 0.5) is 4.79 Å². The molecule has 2 amide bonds. The number of carbonyl (C=O) groups is 2. The fourth-order valence-electron chi connectivity index (χ4n) is 1.63. The monoisotopic (exact) mass is 268 g/mol. The van der Waals surface area contributed by atoms with Crippen molar-refractivity contribution in [2.75, 3.05) is 6.54 Å². The summed E-state index contributed by atoms with van der Waals surface area (Å²) in [5.41, 5.74) is 1.02. The molecule has 0 bridgehead atoms. The van der Waals surface area contributed by atoms with Gasteiger partial charge in [0.1, 0.15) is 6.04 Å². The largest absolute Gasteiger partial charge is 0.480 e. The summed E-state index contributed by atoms with van der Waals surface area (Å²) >= 11 is 0. The van der Waals surface area contributed by atoms with E-state index in [1.807, 2.05) is 13.2 Å². The Hall–Kier alpha value is -2.05. The molecule has 1 aromatic rings. The Morgan fingerprint density at radius 2 is 2.16 bits per heavy atom. The average Bonchev–Trinajstić information content (AvgIpc) is 2.71. The molecule has 7 heteroatoms. The van der Waals surface area contributed by atoms with Crippen LogP contribution in [-0.4, -0.2) is 39.5 Å². The normalized spacial score (nSPS) is 12.2. The van der Waals surface area contributed by atoms with Crippen molar-refractivity contribution in [1.82, 2.24) is 20.4 Å². The van der Waals surface area contributed by atoms with Gasteiger partial charge in [0.25, 0.3) is 0 Å². The van der Waals surface area contributed by atoms with Gasteiger partial charge >= 0.3 is 12.0 Å². The summed E-state index contributed by atoms with van der Waals surface area (Å²) in [6.45, 7) is 3.92. The van der Waals surface area contributed by atoms with E-state index in [0.717, 1.165) is 5.56 Å². The topological polar surface area (TPSA) is 96.3 Å². The number of nitrogens with one attached hydrogen (secondary N) is 2. The Bertz CT molecular complexity index is 442. The number of carbonyl (C=O) groups excluding carboxylic acids is 1. The minimum absolute atomic E-state index is 0.165.